The summed E-state index contributed by atoms with van der Waals surface area (Å²) in [6.45, 7) is 0. The largest absolute Gasteiger partial charge is 0.497 e. The van der Waals surface area contributed by atoms with E-state index >= 15 is 0 Å². The van der Waals surface area contributed by atoms with Crippen molar-refractivity contribution in [2.24, 2.45) is 0 Å². The van der Waals surface area contributed by atoms with Crippen molar-refractivity contribution in [3.05, 3.63) is 66.0 Å². The van der Waals surface area contributed by atoms with Crippen molar-refractivity contribution in [3.63, 3.8) is 0 Å². The van der Waals surface area contributed by atoms with Gasteiger partial charge in [0, 0.05) is 17.8 Å². The Kier molecular flexibility index (Phi) is 3.72. The number of nitrogens with zero attached hydrogens (tertiary/aromatic N) is 2. The Morgan fingerprint density at radius 1 is 1.22 bits per heavy atom. The van der Waals surface area contributed by atoms with Crippen LogP contribution in [0, 0.1) is 11.3 Å². The van der Waals surface area contributed by atoms with E-state index in [1.54, 1.807) is 13.3 Å². The van der Waals surface area contributed by atoms with Gasteiger partial charge in [-0.1, -0.05) is 18.2 Å². The molecule has 88 valence electrons. The van der Waals surface area contributed by atoms with E-state index in [2.05, 4.69) is 11.1 Å². The molecule has 18 heavy (non-hydrogen) atoms. The molecule has 0 aliphatic rings. The van der Waals surface area contributed by atoms with Crippen LogP contribution in [0.25, 0.3) is 5.57 Å². The van der Waals surface area contributed by atoms with Crippen LogP contribution in [0.15, 0.2) is 54.7 Å². The molecular weight excluding hydrogens is 224 g/mol. The second-order valence-electron chi connectivity index (χ2n) is 3.63. The fourth-order valence-corrected chi connectivity index (χ4v) is 1.66. The normalized spacial score (nSPS) is 10.8. The maximum absolute atomic E-state index is 8.88. The number of benzene rings is 1. The molecule has 0 bridgehead atoms. The molecule has 0 atom stereocenters. The van der Waals surface area contributed by atoms with Crippen molar-refractivity contribution < 1.29 is 4.74 Å². The first-order chi connectivity index (χ1) is 8.85. The van der Waals surface area contributed by atoms with E-state index < -0.39 is 0 Å². The van der Waals surface area contributed by atoms with Gasteiger partial charge in [0.2, 0.25) is 0 Å². The Morgan fingerprint density at radius 3 is 2.56 bits per heavy atom. The highest BCUT2D eigenvalue weighted by Crippen LogP contribution is 2.23. The van der Waals surface area contributed by atoms with E-state index in [1.807, 2.05) is 42.5 Å². The molecule has 0 N–H and O–H groups in total. The van der Waals surface area contributed by atoms with Gasteiger partial charge < -0.3 is 4.74 Å². The summed E-state index contributed by atoms with van der Waals surface area (Å²) in [5.41, 5.74) is 2.53. The van der Waals surface area contributed by atoms with Gasteiger partial charge in [-0.15, -0.1) is 0 Å². The van der Waals surface area contributed by atoms with E-state index in [9.17, 15) is 0 Å². The summed E-state index contributed by atoms with van der Waals surface area (Å²) in [4.78, 5) is 4.27. The van der Waals surface area contributed by atoms with Crippen molar-refractivity contribution in [2.45, 2.75) is 0 Å². The molecule has 0 saturated carbocycles. The zero-order chi connectivity index (χ0) is 12.8. The van der Waals surface area contributed by atoms with Crippen molar-refractivity contribution in [1.29, 1.82) is 5.26 Å². The van der Waals surface area contributed by atoms with Gasteiger partial charge in [0.1, 0.15) is 5.75 Å². The molecular formula is C15H12N2O. The quantitative estimate of drug-likeness (QED) is 0.769. The molecule has 2 aromatic rings. The van der Waals surface area contributed by atoms with Crippen LogP contribution in [0.3, 0.4) is 0 Å². The highest BCUT2D eigenvalue weighted by molar-refractivity contribution is 5.79. The summed E-state index contributed by atoms with van der Waals surface area (Å²) in [6, 6.07) is 15.2. The standard InChI is InChI=1S/C15H12N2O/c1-18-13-7-5-12(6-8-13)14(9-10-16)15-4-2-3-11-17-15/h2-9,11H,1H3/b14-9+. The van der Waals surface area contributed by atoms with Crippen molar-refractivity contribution in [3.8, 4) is 11.8 Å². The summed E-state index contributed by atoms with van der Waals surface area (Å²) in [6.07, 6.45) is 3.22. The lowest BCUT2D eigenvalue weighted by atomic mass is 10.0. The minimum absolute atomic E-state index is 0.782. The predicted octanol–water partition coefficient (Wildman–Crippen LogP) is 3.05. The molecule has 0 spiro atoms. The first kappa shape index (κ1) is 11.9. The van der Waals surface area contributed by atoms with E-state index in [1.165, 1.54) is 6.08 Å². The monoisotopic (exact) mass is 236 g/mol. The van der Waals surface area contributed by atoms with Crippen LogP contribution in [-0.2, 0) is 0 Å². The molecule has 0 radical (unpaired) electrons. The van der Waals surface area contributed by atoms with Gasteiger partial charge >= 0.3 is 0 Å². The first-order valence-corrected chi connectivity index (χ1v) is 5.51. The summed E-state index contributed by atoms with van der Waals surface area (Å²) in [7, 11) is 1.62. The Hall–Kier alpha value is -2.60. The van der Waals surface area contributed by atoms with E-state index in [4.69, 9.17) is 10.00 Å². The molecule has 2 rings (SSSR count). The van der Waals surface area contributed by atoms with Gasteiger partial charge in [0.05, 0.1) is 18.9 Å². The molecule has 1 aromatic heterocycles. The van der Waals surface area contributed by atoms with Gasteiger partial charge in [-0.25, -0.2) is 0 Å². The molecule has 0 fully saturated rings. The maximum atomic E-state index is 8.88. The van der Waals surface area contributed by atoms with Crippen molar-refractivity contribution in [1.82, 2.24) is 4.98 Å². The minimum atomic E-state index is 0.782. The Labute approximate surface area is 106 Å². The van der Waals surface area contributed by atoms with Gasteiger partial charge in [-0.2, -0.15) is 5.26 Å². The Bertz CT molecular complexity index is 580. The molecule has 0 saturated heterocycles. The highest BCUT2D eigenvalue weighted by Gasteiger charge is 2.05. The van der Waals surface area contributed by atoms with Gasteiger partial charge in [-0.3, -0.25) is 4.98 Å². The lowest BCUT2D eigenvalue weighted by Gasteiger charge is -2.06. The average Bonchev–Trinajstić information content (AvgIpc) is 2.46. The SMILES string of the molecule is COc1ccc(/C(=C\C#N)c2ccccn2)cc1. The molecule has 0 amide bonds. The Balaban J connectivity index is 2.43. The third-order valence-electron chi connectivity index (χ3n) is 2.55. The third kappa shape index (κ3) is 2.55. The van der Waals surface area contributed by atoms with E-state index in [0.717, 1.165) is 22.6 Å². The number of methoxy groups -OCH3 is 1. The molecule has 0 unspecified atom stereocenters. The van der Waals surface area contributed by atoms with Crippen LogP contribution < -0.4 is 4.74 Å². The topological polar surface area (TPSA) is 45.9 Å². The van der Waals surface area contributed by atoms with Crippen LogP contribution in [0.5, 0.6) is 5.75 Å². The van der Waals surface area contributed by atoms with Crippen molar-refractivity contribution in [2.75, 3.05) is 7.11 Å². The number of rotatable bonds is 3. The van der Waals surface area contributed by atoms with Crippen LogP contribution in [-0.4, -0.2) is 12.1 Å². The zero-order valence-electron chi connectivity index (χ0n) is 10.00. The fraction of sp³-hybridized carbons (Fsp3) is 0.0667. The number of pyridine rings is 1. The summed E-state index contributed by atoms with van der Waals surface area (Å²) in [5.74, 6) is 0.788. The zero-order valence-corrected chi connectivity index (χ0v) is 10.00. The van der Waals surface area contributed by atoms with E-state index in [-0.39, 0.29) is 0 Å². The smallest absolute Gasteiger partial charge is 0.118 e. The Morgan fingerprint density at radius 2 is 2.00 bits per heavy atom. The van der Waals surface area contributed by atoms with Crippen molar-refractivity contribution >= 4 is 5.57 Å². The van der Waals surface area contributed by atoms with Crippen LogP contribution in [0.4, 0.5) is 0 Å². The second-order valence-corrected chi connectivity index (χ2v) is 3.63. The molecule has 0 aliphatic heterocycles. The first-order valence-electron chi connectivity index (χ1n) is 5.51. The molecule has 1 aromatic carbocycles. The number of nitriles is 1. The second kappa shape index (κ2) is 5.65. The van der Waals surface area contributed by atoms with Gasteiger partial charge in [0.25, 0.3) is 0 Å². The fourth-order valence-electron chi connectivity index (χ4n) is 1.66. The molecule has 3 heteroatoms. The van der Waals surface area contributed by atoms with Gasteiger partial charge in [-0.05, 0) is 29.8 Å². The lowest BCUT2D eigenvalue weighted by Crippen LogP contribution is -1.91. The maximum Gasteiger partial charge on any atom is 0.118 e. The predicted molar refractivity (Wildman–Crippen MR) is 69.9 cm³/mol. The van der Waals surface area contributed by atoms with Crippen LogP contribution in [0.1, 0.15) is 11.3 Å². The number of hydrogen-bond donors (Lipinski definition) is 0. The average molecular weight is 236 g/mol. The third-order valence-corrected chi connectivity index (χ3v) is 2.55. The van der Waals surface area contributed by atoms with E-state index in [0.29, 0.717) is 0 Å². The summed E-state index contributed by atoms with van der Waals surface area (Å²) >= 11 is 0. The number of aromatic nitrogens is 1. The lowest BCUT2D eigenvalue weighted by molar-refractivity contribution is 0.415. The van der Waals surface area contributed by atoms with Gasteiger partial charge in [0.15, 0.2) is 0 Å². The molecule has 0 aliphatic carbocycles. The molecule has 1 heterocycles. The highest BCUT2D eigenvalue weighted by atomic mass is 16.5. The van der Waals surface area contributed by atoms with Crippen LogP contribution >= 0.6 is 0 Å². The number of ether oxygens (including phenoxy) is 1. The van der Waals surface area contributed by atoms with Crippen LogP contribution in [0.2, 0.25) is 0 Å². The number of hydrogen-bond acceptors (Lipinski definition) is 3. The summed E-state index contributed by atoms with van der Waals surface area (Å²) in [5, 5.41) is 8.88. The minimum Gasteiger partial charge on any atom is -0.497 e. The molecule has 3 nitrogen and oxygen atoms in total. The summed E-state index contributed by atoms with van der Waals surface area (Å²) < 4.78 is 5.11. The number of allylic oxidation sites excluding steroid dienone is 1.